The first-order valence-corrected chi connectivity index (χ1v) is 8.29. The molecule has 3 heterocycles. The average Bonchev–Trinajstić information content (AvgIpc) is 3.14. The summed E-state index contributed by atoms with van der Waals surface area (Å²) in [6, 6.07) is 2.69. The quantitative estimate of drug-likeness (QED) is 0.836. The number of likely N-dealkylation sites (tertiary alicyclic amines) is 1. The van der Waals surface area contributed by atoms with E-state index in [1.54, 1.807) is 0 Å². The average molecular weight is 293 g/mol. The van der Waals surface area contributed by atoms with Crippen molar-refractivity contribution in [3.63, 3.8) is 0 Å². The van der Waals surface area contributed by atoms with Crippen LogP contribution in [0.5, 0.6) is 0 Å². The van der Waals surface area contributed by atoms with E-state index >= 15 is 0 Å². The predicted octanol–water partition coefficient (Wildman–Crippen LogP) is 2.58. The SMILES string of the molecule is CCC(CC)n1ccc(CN2CCC3(CC2)OCCO3)n1. The molecule has 0 aliphatic carbocycles. The highest BCUT2D eigenvalue weighted by atomic mass is 16.7. The van der Waals surface area contributed by atoms with Gasteiger partial charge in [0.1, 0.15) is 0 Å². The zero-order valence-electron chi connectivity index (χ0n) is 13.3. The maximum Gasteiger partial charge on any atom is 0.170 e. The summed E-state index contributed by atoms with van der Waals surface area (Å²) in [5, 5.41) is 4.75. The van der Waals surface area contributed by atoms with Gasteiger partial charge in [0.2, 0.25) is 0 Å². The lowest BCUT2D eigenvalue weighted by molar-refractivity contribution is -0.185. The van der Waals surface area contributed by atoms with Gasteiger partial charge in [-0.25, -0.2) is 0 Å². The molecule has 0 radical (unpaired) electrons. The lowest BCUT2D eigenvalue weighted by Gasteiger charge is -2.37. The number of hydrogen-bond donors (Lipinski definition) is 0. The van der Waals surface area contributed by atoms with Crippen LogP contribution in [0.4, 0.5) is 0 Å². The van der Waals surface area contributed by atoms with Crippen molar-refractivity contribution in [2.75, 3.05) is 26.3 Å². The van der Waals surface area contributed by atoms with Gasteiger partial charge in [0.25, 0.3) is 0 Å². The standard InChI is InChI=1S/C16H27N3O2/c1-3-15(4-2)19-8-5-14(17-19)13-18-9-6-16(7-10-18)20-11-12-21-16/h5,8,15H,3-4,6-7,9-13H2,1-2H3. The van der Waals surface area contributed by atoms with Gasteiger partial charge in [-0.2, -0.15) is 5.10 Å². The van der Waals surface area contributed by atoms with Crippen molar-refractivity contribution in [2.24, 2.45) is 0 Å². The molecule has 1 spiro atoms. The van der Waals surface area contributed by atoms with Gasteiger partial charge in [-0.3, -0.25) is 9.58 Å². The molecule has 2 aliphatic rings. The van der Waals surface area contributed by atoms with E-state index < -0.39 is 0 Å². The van der Waals surface area contributed by atoms with Crippen LogP contribution in [0.3, 0.4) is 0 Å². The molecule has 2 aliphatic heterocycles. The maximum absolute atomic E-state index is 5.78. The van der Waals surface area contributed by atoms with Crippen LogP contribution in [0.2, 0.25) is 0 Å². The minimum absolute atomic E-state index is 0.272. The first kappa shape index (κ1) is 15.0. The molecule has 1 aromatic rings. The maximum atomic E-state index is 5.78. The van der Waals surface area contributed by atoms with Gasteiger partial charge in [-0.05, 0) is 18.9 Å². The van der Waals surface area contributed by atoms with Crippen molar-refractivity contribution in [1.29, 1.82) is 0 Å². The smallest absolute Gasteiger partial charge is 0.170 e. The highest BCUT2D eigenvalue weighted by molar-refractivity contribution is 5.00. The summed E-state index contributed by atoms with van der Waals surface area (Å²) in [6.07, 6.45) is 6.35. The Morgan fingerprint density at radius 1 is 1.19 bits per heavy atom. The largest absolute Gasteiger partial charge is 0.347 e. The second-order valence-electron chi connectivity index (χ2n) is 6.14. The van der Waals surface area contributed by atoms with Gasteiger partial charge in [-0.1, -0.05) is 13.8 Å². The van der Waals surface area contributed by atoms with Crippen molar-refractivity contribution < 1.29 is 9.47 Å². The van der Waals surface area contributed by atoms with E-state index in [2.05, 4.69) is 35.7 Å². The van der Waals surface area contributed by atoms with Crippen molar-refractivity contribution in [3.8, 4) is 0 Å². The summed E-state index contributed by atoms with van der Waals surface area (Å²) in [7, 11) is 0. The first-order chi connectivity index (χ1) is 10.2. The number of piperidine rings is 1. The number of ether oxygens (including phenoxy) is 2. The summed E-state index contributed by atoms with van der Waals surface area (Å²) in [6.45, 7) is 8.93. The molecule has 21 heavy (non-hydrogen) atoms. The van der Waals surface area contributed by atoms with E-state index in [4.69, 9.17) is 14.6 Å². The Bertz CT molecular complexity index is 440. The van der Waals surface area contributed by atoms with Gasteiger partial charge in [0, 0.05) is 38.7 Å². The Hall–Kier alpha value is -0.910. The summed E-state index contributed by atoms with van der Waals surface area (Å²) in [5.41, 5.74) is 1.17. The van der Waals surface area contributed by atoms with Crippen molar-refractivity contribution in [1.82, 2.24) is 14.7 Å². The Balaban J connectivity index is 1.53. The van der Waals surface area contributed by atoms with Crippen LogP contribution in [-0.4, -0.2) is 46.8 Å². The molecule has 0 atom stereocenters. The number of aromatic nitrogens is 2. The molecular formula is C16H27N3O2. The van der Waals surface area contributed by atoms with Crippen LogP contribution >= 0.6 is 0 Å². The third-order valence-corrected chi connectivity index (χ3v) is 4.80. The highest BCUT2D eigenvalue weighted by Crippen LogP contribution is 2.31. The normalized spacial score (nSPS) is 22.4. The molecular weight excluding hydrogens is 266 g/mol. The third-order valence-electron chi connectivity index (χ3n) is 4.80. The molecule has 2 saturated heterocycles. The monoisotopic (exact) mass is 293 g/mol. The molecule has 2 fully saturated rings. The van der Waals surface area contributed by atoms with E-state index in [0.29, 0.717) is 6.04 Å². The van der Waals surface area contributed by atoms with Gasteiger partial charge in [-0.15, -0.1) is 0 Å². The minimum atomic E-state index is -0.272. The Kier molecular flexibility index (Phi) is 4.62. The fraction of sp³-hybridized carbons (Fsp3) is 0.812. The third kappa shape index (κ3) is 3.30. The van der Waals surface area contributed by atoms with Crippen LogP contribution in [0.1, 0.15) is 51.3 Å². The van der Waals surface area contributed by atoms with Gasteiger partial charge in [0.05, 0.1) is 24.9 Å². The van der Waals surface area contributed by atoms with Crippen LogP contribution in [0.25, 0.3) is 0 Å². The topological polar surface area (TPSA) is 39.5 Å². The van der Waals surface area contributed by atoms with E-state index in [1.165, 1.54) is 5.69 Å². The molecule has 0 saturated carbocycles. The Labute approximate surface area is 127 Å². The van der Waals surface area contributed by atoms with E-state index in [1.807, 2.05) is 0 Å². The Morgan fingerprint density at radius 2 is 1.86 bits per heavy atom. The van der Waals surface area contributed by atoms with Gasteiger partial charge < -0.3 is 9.47 Å². The van der Waals surface area contributed by atoms with Crippen molar-refractivity contribution in [3.05, 3.63) is 18.0 Å². The molecule has 0 N–H and O–H groups in total. The molecule has 118 valence electrons. The van der Waals surface area contributed by atoms with E-state index in [-0.39, 0.29) is 5.79 Å². The van der Waals surface area contributed by atoms with E-state index in [0.717, 1.165) is 58.5 Å². The summed E-state index contributed by atoms with van der Waals surface area (Å²) < 4.78 is 13.7. The predicted molar refractivity (Wildman–Crippen MR) is 81.0 cm³/mol. The van der Waals surface area contributed by atoms with Gasteiger partial charge >= 0.3 is 0 Å². The van der Waals surface area contributed by atoms with Crippen LogP contribution < -0.4 is 0 Å². The lowest BCUT2D eigenvalue weighted by atomic mass is 10.0. The number of rotatable bonds is 5. The molecule has 0 bridgehead atoms. The van der Waals surface area contributed by atoms with Crippen LogP contribution in [0, 0.1) is 0 Å². The summed E-state index contributed by atoms with van der Waals surface area (Å²) in [4.78, 5) is 2.45. The zero-order chi connectivity index (χ0) is 14.7. The molecule has 5 nitrogen and oxygen atoms in total. The van der Waals surface area contributed by atoms with Crippen LogP contribution in [-0.2, 0) is 16.0 Å². The summed E-state index contributed by atoms with van der Waals surface area (Å²) >= 11 is 0. The van der Waals surface area contributed by atoms with Gasteiger partial charge in [0.15, 0.2) is 5.79 Å². The van der Waals surface area contributed by atoms with Crippen LogP contribution in [0.15, 0.2) is 12.3 Å². The molecule has 0 aromatic carbocycles. The molecule has 1 aromatic heterocycles. The minimum Gasteiger partial charge on any atom is -0.347 e. The summed E-state index contributed by atoms with van der Waals surface area (Å²) in [5.74, 6) is -0.272. The molecule has 3 rings (SSSR count). The molecule has 0 unspecified atom stereocenters. The number of hydrogen-bond acceptors (Lipinski definition) is 4. The molecule has 0 amide bonds. The fourth-order valence-electron chi connectivity index (χ4n) is 3.39. The fourth-order valence-corrected chi connectivity index (χ4v) is 3.39. The first-order valence-electron chi connectivity index (χ1n) is 8.29. The number of nitrogens with zero attached hydrogens (tertiary/aromatic N) is 3. The van der Waals surface area contributed by atoms with Crippen molar-refractivity contribution in [2.45, 2.75) is 57.9 Å². The second-order valence-corrected chi connectivity index (χ2v) is 6.14. The molecule has 5 heteroatoms. The lowest BCUT2D eigenvalue weighted by Crippen LogP contribution is -2.44. The zero-order valence-corrected chi connectivity index (χ0v) is 13.3. The van der Waals surface area contributed by atoms with E-state index in [9.17, 15) is 0 Å². The second kappa shape index (κ2) is 6.46. The van der Waals surface area contributed by atoms with Crippen molar-refractivity contribution >= 4 is 0 Å². The highest BCUT2D eigenvalue weighted by Gasteiger charge is 2.39. The Morgan fingerprint density at radius 3 is 2.48 bits per heavy atom.